The van der Waals surface area contributed by atoms with E-state index in [1.165, 1.54) is 0 Å². The molecule has 1 rings (SSSR count). The molecule has 1 N–H and O–H groups in total. The van der Waals surface area contributed by atoms with Crippen molar-refractivity contribution < 1.29 is 14.3 Å². The molecule has 0 bridgehead atoms. The normalized spacial score (nSPS) is 10.2. The van der Waals surface area contributed by atoms with Crippen molar-refractivity contribution in [3.63, 3.8) is 0 Å². The molecular weight excluding hydrogens is 230 g/mol. The Morgan fingerprint density at radius 2 is 1.94 bits per heavy atom. The van der Waals surface area contributed by atoms with E-state index < -0.39 is 0 Å². The number of nitrogens with one attached hydrogen (secondary N) is 1. The number of ether oxygens (including phenoxy) is 1. The minimum atomic E-state index is -0.284. The minimum absolute atomic E-state index is 0.0113. The average Bonchev–Trinajstić information content (AvgIpc) is 2.36. The van der Waals surface area contributed by atoms with Crippen molar-refractivity contribution in [3.8, 4) is 5.75 Å². The van der Waals surface area contributed by atoms with Crippen molar-refractivity contribution >= 4 is 11.7 Å². The van der Waals surface area contributed by atoms with E-state index in [1.54, 1.807) is 24.3 Å². The lowest BCUT2D eigenvalue weighted by Gasteiger charge is -2.10. The van der Waals surface area contributed by atoms with Crippen molar-refractivity contribution in [2.24, 2.45) is 5.92 Å². The van der Waals surface area contributed by atoms with Crippen molar-refractivity contribution in [2.75, 3.05) is 13.2 Å². The molecule has 0 atom stereocenters. The summed E-state index contributed by atoms with van der Waals surface area (Å²) in [6, 6.07) is 6.99. The van der Waals surface area contributed by atoms with Gasteiger partial charge >= 0.3 is 0 Å². The van der Waals surface area contributed by atoms with Gasteiger partial charge in [0.15, 0.2) is 5.78 Å². The van der Waals surface area contributed by atoms with Crippen LogP contribution in [-0.2, 0) is 4.79 Å². The van der Waals surface area contributed by atoms with Crippen LogP contribution in [0.3, 0.4) is 0 Å². The first kappa shape index (κ1) is 14.2. The van der Waals surface area contributed by atoms with Gasteiger partial charge in [0.25, 0.3) is 5.91 Å². The fourth-order valence-corrected chi connectivity index (χ4v) is 1.40. The predicted octanol–water partition coefficient (Wildman–Crippen LogP) is 2.04. The second-order valence-corrected chi connectivity index (χ2v) is 4.23. The van der Waals surface area contributed by atoms with Gasteiger partial charge in [-0.05, 0) is 19.1 Å². The summed E-state index contributed by atoms with van der Waals surface area (Å²) < 4.78 is 5.37. The molecule has 1 amide bonds. The summed E-state index contributed by atoms with van der Waals surface area (Å²) in [4.78, 5) is 23.4. The SMILES string of the molecule is CCOc1ccccc1C(=O)NCC(=O)C(C)C. The molecule has 18 heavy (non-hydrogen) atoms. The van der Waals surface area contributed by atoms with Gasteiger partial charge in [0.2, 0.25) is 0 Å². The van der Waals surface area contributed by atoms with Crippen LogP contribution in [0.2, 0.25) is 0 Å². The maximum absolute atomic E-state index is 11.9. The molecular formula is C14H19NO3. The van der Waals surface area contributed by atoms with Crippen LogP contribution in [0.15, 0.2) is 24.3 Å². The highest BCUT2D eigenvalue weighted by Gasteiger charge is 2.14. The molecule has 0 aliphatic carbocycles. The quantitative estimate of drug-likeness (QED) is 0.839. The van der Waals surface area contributed by atoms with Gasteiger partial charge < -0.3 is 10.1 Å². The Balaban J connectivity index is 2.69. The number of hydrogen-bond acceptors (Lipinski definition) is 3. The number of carbonyl (C=O) groups excluding carboxylic acids is 2. The van der Waals surface area contributed by atoms with Gasteiger partial charge in [-0.1, -0.05) is 26.0 Å². The van der Waals surface area contributed by atoms with Gasteiger partial charge in [0.05, 0.1) is 18.7 Å². The monoisotopic (exact) mass is 249 g/mol. The third-order valence-corrected chi connectivity index (χ3v) is 2.50. The molecule has 4 heteroatoms. The van der Waals surface area contributed by atoms with Crippen molar-refractivity contribution in [2.45, 2.75) is 20.8 Å². The Labute approximate surface area is 107 Å². The van der Waals surface area contributed by atoms with E-state index in [1.807, 2.05) is 20.8 Å². The molecule has 0 fully saturated rings. The highest BCUT2D eigenvalue weighted by atomic mass is 16.5. The summed E-state index contributed by atoms with van der Waals surface area (Å²) in [5, 5.41) is 2.61. The van der Waals surface area contributed by atoms with Crippen LogP contribution in [0.1, 0.15) is 31.1 Å². The molecule has 0 radical (unpaired) electrons. The van der Waals surface area contributed by atoms with Crippen LogP contribution in [0, 0.1) is 5.92 Å². The maximum atomic E-state index is 11.9. The van der Waals surface area contributed by atoms with E-state index in [0.717, 1.165) is 0 Å². The fourth-order valence-electron chi connectivity index (χ4n) is 1.40. The predicted molar refractivity (Wildman–Crippen MR) is 69.8 cm³/mol. The summed E-state index contributed by atoms with van der Waals surface area (Å²) >= 11 is 0. The van der Waals surface area contributed by atoms with Gasteiger partial charge in [-0.2, -0.15) is 0 Å². The lowest BCUT2D eigenvalue weighted by Crippen LogP contribution is -2.31. The number of carbonyl (C=O) groups is 2. The Morgan fingerprint density at radius 1 is 1.28 bits per heavy atom. The Kier molecular flexibility index (Phi) is 5.36. The van der Waals surface area contributed by atoms with Crippen LogP contribution in [0.5, 0.6) is 5.75 Å². The number of rotatable bonds is 6. The molecule has 0 aromatic heterocycles. The van der Waals surface area contributed by atoms with Crippen LogP contribution in [0.25, 0.3) is 0 Å². The number of amides is 1. The average molecular weight is 249 g/mol. The molecule has 0 unspecified atom stereocenters. The summed E-state index contributed by atoms with van der Waals surface area (Å²) in [6.07, 6.45) is 0. The lowest BCUT2D eigenvalue weighted by molar-refractivity contribution is -0.120. The van der Waals surface area contributed by atoms with Crippen molar-refractivity contribution in [3.05, 3.63) is 29.8 Å². The van der Waals surface area contributed by atoms with Gasteiger partial charge in [-0.15, -0.1) is 0 Å². The Morgan fingerprint density at radius 3 is 2.56 bits per heavy atom. The third kappa shape index (κ3) is 3.87. The van der Waals surface area contributed by atoms with Gasteiger partial charge in [0, 0.05) is 5.92 Å². The molecule has 1 aromatic rings. The number of Topliss-reactive ketones (excluding diaryl/α,β-unsaturated/α-hetero) is 1. The molecule has 98 valence electrons. The minimum Gasteiger partial charge on any atom is -0.493 e. The zero-order valence-electron chi connectivity index (χ0n) is 11.0. The van der Waals surface area contributed by atoms with Gasteiger partial charge in [0.1, 0.15) is 5.75 Å². The smallest absolute Gasteiger partial charge is 0.255 e. The standard InChI is InChI=1S/C14H19NO3/c1-4-18-13-8-6-5-7-11(13)14(17)15-9-12(16)10(2)3/h5-8,10H,4,9H2,1-3H3,(H,15,17). The van der Waals surface area contributed by atoms with E-state index in [-0.39, 0.29) is 24.2 Å². The van der Waals surface area contributed by atoms with Crippen molar-refractivity contribution in [1.29, 1.82) is 0 Å². The second kappa shape index (κ2) is 6.79. The summed E-state index contributed by atoms with van der Waals surface area (Å²) in [5.74, 6) is 0.187. The molecule has 4 nitrogen and oxygen atoms in total. The van der Waals surface area contributed by atoms with Crippen LogP contribution < -0.4 is 10.1 Å². The van der Waals surface area contributed by atoms with Crippen molar-refractivity contribution in [1.82, 2.24) is 5.32 Å². The van der Waals surface area contributed by atoms with Crippen LogP contribution in [0.4, 0.5) is 0 Å². The first-order chi connectivity index (χ1) is 8.56. The molecule has 1 aromatic carbocycles. The highest BCUT2D eigenvalue weighted by molar-refractivity contribution is 5.99. The molecule has 0 heterocycles. The van der Waals surface area contributed by atoms with Gasteiger partial charge in [-0.25, -0.2) is 0 Å². The summed E-state index contributed by atoms with van der Waals surface area (Å²) in [5.41, 5.74) is 0.455. The topological polar surface area (TPSA) is 55.4 Å². The third-order valence-electron chi connectivity index (χ3n) is 2.50. The molecule has 0 saturated heterocycles. The van der Waals surface area contributed by atoms with Crippen LogP contribution >= 0.6 is 0 Å². The van der Waals surface area contributed by atoms with E-state index >= 15 is 0 Å². The van der Waals surface area contributed by atoms with E-state index in [0.29, 0.717) is 17.9 Å². The van der Waals surface area contributed by atoms with E-state index in [9.17, 15) is 9.59 Å². The summed E-state index contributed by atoms with van der Waals surface area (Å²) in [6.45, 7) is 6.02. The Hall–Kier alpha value is -1.84. The number of para-hydroxylation sites is 1. The second-order valence-electron chi connectivity index (χ2n) is 4.23. The molecule has 0 aliphatic rings. The first-order valence-electron chi connectivity index (χ1n) is 6.09. The fraction of sp³-hybridized carbons (Fsp3) is 0.429. The van der Waals surface area contributed by atoms with Crippen LogP contribution in [-0.4, -0.2) is 24.8 Å². The lowest BCUT2D eigenvalue weighted by atomic mass is 10.1. The number of benzene rings is 1. The summed E-state index contributed by atoms with van der Waals surface area (Å²) in [7, 11) is 0. The number of ketones is 1. The Bertz CT molecular complexity index is 427. The highest BCUT2D eigenvalue weighted by Crippen LogP contribution is 2.17. The molecule has 0 saturated carbocycles. The van der Waals surface area contributed by atoms with Gasteiger partial charge in [-0.3, -0.25) is 9.59 Å². The van der Waals surface area contributed by atoms with E-state index in [2.05, 4.69) is 5.32 Å². The zero-order chi connectivity index (χ0) is 13.5. The molecule has 0 aliphatic heterocycles. The zero-order valence-corrected chi connectivity index (χ0v) is 11.0. The van der Waals surface area contributed by atoms with E-state index in [4.69, 9.17) is 4.74 Å². The number of hydrogen-bond donors (Lipinski definition) is 1. The molecule has 0 spiro atoms. The maximum Gasteiger partial charge on any atom is 0.255 e. The largest absolute Gasteiger partial charge is 0.493 e. The first-order valence-corrected chi connectivity index (χ1v) is 6.09.